The Balaban J connectivity index is 1.93. The Morgan fingerprint density at radius 3 is 2.38 bits per heavy atom. The molecule has 106 valence electrons. The molecule has 3 nitrogen and oxygen atoms in total. The van der Waals surface area contributed by atoms with Crippen LogP contribution < -0.4 is 10.7 Å². The maximum absolute atomic E-state index is 5.04. The van der Waals surface area contributed by atoms with Crippen LogP contribution in [0.2, 0.25) is 0 Å². The first-order valence-corrected chi connectivity index (χ1v) is 7.03. The van der Waals surface area contributed by atoms with E-state index in [-0.39, 0.29) is 0 Å². The van der Waals surface area contributed by atoms with E-state index in [9.17, 15) is 0 Å². The van der Waals surface area contributed by atoms with Crippen molar-refractivity contribution in [1.82, 2.24) is 10.7 Å². The van der Waals surface area contributed by atoms with Crippen molar-refractivity contribution in [3.05, 3.63) is 72.8 Å². The highest BCUT2D eigenvalue weighted by Gasteiger charge is 1.96. The van der Waals surface area contributed by atoms with Crippen LogP contribution >= 0.6 is 12.2 Å². The normalized spacial score (nSPS) is 10.3. The lowest BCUT2D eigenvalue weighted by molar-refractivity contribution is 0.942. The minimum atomic E-state index is 0.479. The van der Waals surface area contributed by atoms with Crippen LogP contribution in [0.1, 0.15) is 5.56 Å². The third-order valence-corrected chi connectivity index (χ3v) is 3.04. The molecule has 0 bridgehead atoms. The van der Waals surface area contributed by atoms with Gasteiger partial charge in [-0.1, -0.05) is 60.7 Å². The van der Waals surface area contributed by atoms with E-state index in [1.54, 1.807) is 12.3 Å². The summed E-state index contributed by atoms with van der Waals surface area (Å²) >= 11 is 5.04. The van der Waals surface area contributed by atoms with Gasteiger partial charge in [0.2, 0.25) is 0 Å². The first kappa shape index (κ1) is 14.9. The van der Waals surface area contributed by atoms with Gasteiger partial charge in [0.15, 0.2) is 5.11 Å². The van der Waals surface area contributed by atoms with Crippen molar-refractivity contribution in [3.63, 3.8) is 0 Å². The quantitative estimate of drug-likeness (QED) is 0.384. The van der Waals surface area contributed by atoms with Crippen LogP contribution in [0.4, 0.5) is 0 Å². The van der Waals surface area contributed by atoms with Crippen LogP contribution in [0.15, 0.2) is 72.4 Å². The molecular weight excluding hydrogens is 278 g/mol. The van der Waals surface area contributed by atoms with Gasteiger partial charge in [-0.3, -0.25) is 5.43 Å². The van der Waals surface area contributed by atoms with E-state index in [1.807, 2.05) is 30.3 Å². The molecule has 0 saturated heterocycles. The Hall–Kier alpha value is -2.46. The standard InChI is InChI=1S/C17H17N3S/c1-2-12-18-17(21)20-19-13-14-8-10-16(11-9-14)15-6-4-3-5-7-15/h2-11,13H,1,12H2,(H2,18,20,21). The van der Waals surface area contributed by atoms with Gasteiger partial charge in [0.25, 0.3) is 0 Å². The number of benzene rings is 2. The number of hydrazone groups is 1. The highest BCUT2D eigenvalue weighted by Crippen LogP contribution is 2.18. The van der Waals surface area contributed by atoms with E-state index in [0.717, 1.165) is 5.56 Å². The minimum Gasteiger partial charge on any atom is -0.358 e. The lowest BCUT2D eigenvalue weighted by Crippen LogP contribution is -2.31. The number of nitrogens with zero attached hydrogens (tertiary/aromatic N) is 1. The maximum atomic E-state index is 5.04. The van der Waals surface area contributed by atoms with E-state index in [1.165, 1.54) is 11.1 Å². The molecule has 0 radical (unpaired) electrons. The first-order valence-electron chi connectivity index (χ1n) is 6.63. The van der Waals surface area contributed by atoms with Crippen LogP contribution in [0.5, 0.6) is 0 Å². The van der Waals surface area contributed by atoms with Gasteiger partial charge in [0, 0.05) is 6.54 Å². The van der Waals surface area contributed by atoms with Crippen LogP contribution in [0, 0.1) is 0 Å². The zero-order chi connectivity index (χ0) is 14.9. The summed E-state index contributed by atoms with van der Waals surface area (Å²) < 4.78 is 0. The van der Waals surface area contributed by atoms with Crippen molar-refractivity contribution in [2.45, 2.75) is 0 Å². The molecule has 0 heterocycles. The zero-order valence-electron chi connectivity index (χ0n) is 11.6. The minimum absolute atomic E-state index is 0.479. The lowest BCUT2D eigenvalue weighted by atomic mass is 10.0. The van der Waals surface area contributed by atoms with E-state index in [0.29, 0.717) is 11.7 Å². The molecule has 0 aliphatic rings. The largest absolute Gasteiger partial charge is 0.358 e. The zero-order valence-corrected chi connectivity index (χ0v) is 12.4. The van der Waals surface area contributed by atoms with Crippen molar-refractivity contribution in [2.24, 2.45) is 5.10 Å². The molecule has 0 fully saturated rings. The highest BCUT2D eigenvalue weighted by atomic mass is 32.1. The second-order valence-corrected chi connectivity index (χ2v) is 4.76. The molecule has 21 heavy (non-hydrogen) atoms. The molecule has 0 saturated carbocycles. The average Bonchev–Trinajstić information content (AvgIpc) is 2.54. The maximum Gasteiger partial charge on any atom is 0.187 e. The van der Waals surface area contributed by atoms with E-state index >= 15 is 0 Å². The van der Waals surface area contributed by atoms with Gasteiger partial charge in [-0.05, 0) is 28.9 Å². The second-order valence-electron chi connectivity index (χ2n) is 4.36. The van der Waals surface area contributed by atoms with Gasteiger partial charge < -0.3 is 5.32 Å². The van der Waals surface area contributed by atoms with Crippen molar-refractivity contribution < 1.29 is 0 Å². The molecule has 0 unspecified atom stereocenters. The summed E-state index contributed by atoms with van der Waals surface area (Å²) in [6.45, 7) is 4.22. The fourth-order valence-corrected chi connectivity index (χ4v) is 1.90. The summed E-state index contributed by atoms with van der Waals surface area (Å²) in [5.41, 5.74) is 6.15. The Morgan fingerprint density at radius 1 is 1.05 bits per heavy atom. The molecule has 2 aromatic rings. The first-order chi connectivity index (χ1) is 10.3. The predicted octanol–water partition coefficient (Wildman–Crippen LogP) is 3.34. The van der Waals surface area contributed by atoms with E-state index < -0.39 is 0 Å². The molecule has 0 amide bonds. The smallest absolute Gasteiger partial charge is 0.187 e. The van der Waals surface area contributed by atoms with Crippen LogP contribution in [-0.2, 0) is 0 Å². The molecule has 0 aliphatic carbocycles. The van der Waals surface area contributed by atoms with Crippen LogP contribution in [0.3, 0.4) is 0 Å². The molecule has 0 spiro atoms. The van der Waals surface area contributed by atoms with Crippen LogP contribution in [0.25, 0.3) is 11.1 Å². The van der Waals surface area contributed by atoms with Gasteiger partial charge >= 0.3 is 0 Å². The highest BCUT2D eigenvalue weighted by molar-refractivity contribution is 7.80. The molecule has 4 heteroatoms. The second kappa shape index (κ2) is 7.97. The summed E-state index contributed by atoms with van der Waals surface area (Å²) in [5, 5.41) is 7.50. The lowest BCUT2D eigenvalue weighted by Gasteiger charge is -2.04. The molecule has 0 atom stereocenters. The third kappa shape index (κ3) is 4.85. The molecule has 2 aromatic carbocycles. The van der Waals surface area contributed by atoms with Crippen molar-refractivity contribution in [1.29, 1.82) is 0 Å². The van der Waals surface area contributed by atoms with Gasteiger partial charge in [-0.25, -0.2) is 0 Å². The third-order valence-electron chi connectivity index (χ3n) is 2.80. The van der Waals surface area contributed by atoms with Gasteiger partial charge in [-0.15, -0.1) is 6.58 Å². The summed E-state index contributed by atoms with van der Waals surface area (Å²) in [6, 6.07) is 18.5. The van der Waals surface area contributed by atoms with Gasteiger partial charge in [-0.2, -0.15) is 5.10 Å². The molecule has 0 aliphatic heterocycles. The number of hydrogen-bond donors (Lipinski definition) is 2. The number of thiocarbonyl (C=S) groups is 1. The Kier molecular flexibility index (Phi) is 5.67. The Morgan fingerprint density at radius 2 is 1.71 bits per heavy atom. The van der Waals surface area contributed by atoms with E-state index in [2.05, 4.69) is 46.7 Å². The Labute approximate surface area is 130 Å². The fraction of sp³-hybridized carbons (Fsp3) is 0.0588. The summed E-state index contributed by atoms with van der Waals surface area (Å²) in [4.78, 5) is 0. The van der Waals surface area contributed by atoms with Crippen molar-refractivity contribution in [2.75, 3.05) is 6.54 Å². The monoisotopic (exact) mass is 295 g/mol. The molecular formula is C17H17N3S. The average molecular weight is 295 g/mol. The van der Waals surface area contributed by atoms with Crippen LogP contribution in [-0.4, -0.2) is 17.9 Å². The number of nitrogens with one attached hydrogen (secondary N) is 2. The summed E-state index contributed by atoms with van der Waals surface area (Å²) in [6.07, 6.45) is 3.47. The summed E-state index contributed by atoms with van der Waals surface area (Å²) in [5.74, 6) is 0. The van der Waals surface area contributed by atoms with Gasteiger partial charge in [0.05, 0.1) is 6.21 Å². The predicted molar refractivity (Wildman–Crippen MR) is 93.4 cm³/mol. The SMILES string of the molecule is C=CCNC(=S)NN=Cc1ccc(-c2ccccc2)cc1. The summed E-state index contributed by atoms with van der Waals surface area (Å²) in [7, 11) is 0. The Bertz CT molecular complexity index is 618. The fourth-order valence-electron chi connectivity index (χ4n) is 1.76. The van der Waals surface area contributed by atoms with Crippen molar-refractivity contribution in [3.8, 4) is 11.1 Å². The number of hydrogen-bond acceptors (Lipinski definition) is 2. The molecule has 2 rings (SSSR count). The van der Waals surface area contributed by atoms with E-state index in [4.69, 9.17) is 12.2 Å². The number of rotatable bonds is 5. The molecule has 0 aromatic heterocycles. The topological polar surface area (TPSA) is 36.4 Å². The molecule has 2 N–H and O–H groups in total. The van der Waals surface area contributed by atoms with Gasteiger partial charge in [0.1, 0.15) is 0 Å². The van der Waals surface area contributed by atoms with Crippen molar-refractivity contribution >= 4 is 23.5 Å².